The van der Waals surface area contributed by atoms with Gasteiger partial charge in [0.1, 0.15) is 4.99 Å². The molecular weight excluding hydrogens is 525 g/mol. The second-order valence-electron chi connectivity index (χ2n) is 13.8. The van der Waals surface area contributed by atoms with E-state index in [0.717, 1.165) is 30.8 Å². The highest BCUT2D eigenvalue weighted by Crippen LogP contribution is 2.80. The molecule has 5 heterocycles. The summed E-state index contributed by atoms with van der Waals surface area (Å²) in [5.74, 6) is -0.254. The predicted molar refractivity (Wildman–Crippen MR) is 161 cm³/mol. The molecule has 1 aromatic rings. The first-order chi connectivity index (χ1) is 18.4. The zero-order chi connectivity index (χ0) is 28.3. The number of rotatable bonds is 7. The van der Waals surface area contributed by atoms with Crippen LogP contribution < -0.4 is 4.90 Å². The number of para-hydroxylation sites is 1. The van der Waals surface area contributed by atoms with Gasteiger partial charge in [-0.3, -0.25) is 0 Å². The molecule has 5 aliphatic rings. The molecule has 214 valence electrons. The fourth-order valence-electron chi connectivity index (χ4n) is 10.8. The molecule has 4 fully saturated rings. The number of methoxy groups -OCH3 is 1. The number of hydrogen-bond donors (Lipinski definition) is 0. The molecule has 6 atom stereocenters. The van der Waals surface area contributed by atoms with Crippen molar-refractivity contribution in [2.45, 2.75) is 120 Å². The van der Waals surface area contributed by atoms with E-state index in [0.29, 0.717) is 23.0 Å². The number of piperidine rings is 1. The Kier molecular flexibility index (Phi) is 6.05. The van der Waals surface area contributed by atoms with Gasteiger partial charge in [0.05, 0.1) is 24.7 Å². The van der Waals surface area contributed by atoms with Gasteiger partial charge < -0.3 is 23.7 Å². The Hall–Kier alpha value is -1.48. The summed E-state index contributed by atoms with van der Waals surface area (Å²) >= 11 is 6.41. The van der Waals surface area contributed by atoms with Gasteiger partial charge in [-0.05, 0) is 53.9 Å². The van der Waals surface area contributed by atoms with Gasteiger partial charge in [-0.2, -0.15) is 0 Å². The van der Waals surface area contributed by atoms with Crippen molar-refractivity contribution in [3.05, 3.63) is 29.8 Å². The lowest BCUT2D eigenvalue weighted by molar-refractivity contribution is -0.192. The Bertz CT molecular complexity index is 1200. The molecule has 0 radical (unpaired) electrons. The van der Waals surface area contributed by atoms with Gasteiger partial charge >= 0.3 is 5.97 Å². The molecule has 6 rings (SSSR count). The number of fused-ring (bicyclic) bond motifs is 3. The zero-order valence-electron chi connectivity index (χ0n) is 25.2. The maximum absolute atomic E-state index is 13.9. The number of carbonyl (C=O) groups is 1. The third kappa shape index (κ3) is 2.81. The number of carbonyl (C=O) groups excluding carboxylic acids is 1. The summed E-state index contributed by atoms with van der Waals surface area (Å²) in [6.07, 6.45) is 3.06. The van der Waals surface area contributed by atoms with Crippen LogP contribution in [0.15, 0.2) is 24.3 Å². The Morgan fingerprint density at radius 3 is 2.38 bits per heavy atom. The van der Waals surface area contributed by atoms with Gasteiger partial charge in [0.25, 0.3) is 0 Å². The molecule has 0 aromatic heterocycles. The van der Waals surface area contributed by atoms with Crippen LogP contribution in [0.1, 0.15) is 79.7 Å². The molecule has 0 unspecified atom stereocenters. The van der Waals surface area contributed by atoms with E-state index in [1.54, 1.807) is 0 Å². The number of nitrogens with zero attached hydrogens (tertiary/aromatic N) is 2. The van der Waals surface area contributed by atoms with Crippen LogP contribution in [0.3, 0.4) is 0 Å². The van der Waals surface area contributed by atoms with E-state index >= 15 is 0 Å². The number of thiocarbonyl (C=S) groups is 1. The van der Waals surface area contributed by atoms with Crippen molar-refractivity contribution in [3.63, 3.8) is 0 Å². The molecule has 0 saturated carbocycles. The van der Waals surface area contributed by atoms with Crippen LogP contribution in [0, 0.1) is 5.41 Å². The standard InChI is InChI=1S/C31H46N2O4SSi/c1-10-28-17-24(36-39(19(2)3,20(4)5)21(6)7)25(38)33-16-15-29-22-13-11-12-14-23(22)32(8)26(29)30(18-28,27(34)35-9)37-31(28,29)33/h11-14,19-21,24,26H,10,15-18H2,1-9H3/t24-,26+,28-,29-,30+,31-/m0/s1. The van der Waals surface area contributed by atoms with Crippen LogP contribution in [0.2, 0.25) is 16.6 Å². The fraction of sp³-hybridized carbons (Fsp3) is 0.742. The molecule has 0 N–H and O–H groups in total. The molecule has 2 spiro atoms. The van der Waals surface area contributed by atoms with Crippen molar-refractivity contribution < 1.29 is 18.7 Å². The normalized spacial score (nSPS) is 38.2. The summed E-state index contributed by atoms with van der Waals surface area (Å²) in [4.78, 5) is 19.5. The molecule has 6 nitrogen and oxygen atoms in total. The third-order valence-electron chi connectivity index (χ3n) is 11.8. The second kappa shape index (κ2) is 8.52. The first kappa shape index (κ1) is 27.7. The van der Waals surface area contributed by atoms with Crippen molar-refractivity contribution in [2.75, 3.05) is 25.6 Å². The average Bonchev–Trinajstić information content (AvgIpc) is 3.56. The van der Waals surface area contributed by atoms with Gasteiger partial charge in [-0.1, -0.05) is 78.9 Å². The van der Waals surface area contributed by atoms with Crippen LogP contribution in [0.25, 0.3) is 0 Å². The van der Waals surface area contributed by atoms with Crippen molar-refractivity contribution in [2.24, 2.45) is 5.41 Å². The van der Waals surface area contributed by atoms with Crippen molar-refractivity contribution in [1.82, 2.24) is 4.90 Å². The quantitative estimate of drug-likeness (QED) is 0.220. The third-order valence-corrected chi connectivity index (χ3v) is 18.4. The summed E-state index contributed by atoms with van der Waals surface area (Å²) in [6, 6.07) is 8.56. The molecule has 0 amide bonds. The summed E-state index contributed by atoms with van der Waals surface area (Å²) in [7, 11) is 1.43. The van der Waals surface area contributed by atoms with Crippen molar-refractivity contribution >= 4 is 37.2 Å². The van der Waals surface area contributed by atoms with E-state index in [4.69, 9.17) is 26.1 Å². The van der Waals surface area contributed by atoms with E-state index in [1.807, 2.05) is 0 Å². The SMILES string of the molecule is CC[C@]12C[C@H](O[Si](C(C)C)(C(C)C)C(C)C)C(=S)N3CC[C@]45c6ccccc6N(C)[C@H]4[C@@](C(=O)OC)(C1)O[C@@]325. The van der Waals surface area contributed by atoms with E-state index in [1.165, 1.54) is 18.4 Å². The molecule has 4 saturated heterocycles. The second-order valence-corrected chi connectivity index (χ2v) is 19.6. The maximum Gasteiger partial charge on any atom is 0.340 e. The maximum atomic E-state index is 13.9. The lowest BCUT2D eigenvalue weighted by Gasteiger charge is -2.61. The minimum Gasteiger partial charge on any atom is -0.467 e. The average molecular weight is 571 g/mol. The first-order valence-corrected chi connectivity index (χ1v) is 17.5. The molecule has 0 aliphatic carbocycles. The number of esters is 1. The van der Waals surface area contributed by atoms with Crippen LogP contribution >= 0.6 is 12.2 Å². The Labute approximate surface area is 240 Å². The van der Waals surface area contributed by atoms with Crippen LogP contribution in [-0.4, -0.2) is 68.3 Å². The van der Waals surface area contributed by atoms with Crippen LogP contribution in [0.4, 0.5) is 5.69 Å². The topological polar surface area (TPSA) is 51.2 Å². The Morgan fingerprint density at radius 2 is 1.79 bits per heavy atom. The number of ether oxygens (including phenoxy) is 2. The molecule has 5 aliphatic heterocycles. The largest absolute Gasteiger partial charge is 0.467 e. The van der Waals surface area contributed by atoms with Crippen molar-refractivity contribution in [1.29, 1.82) is 0 Å². The highest BCUT2D eigenvalue weighted by Gasteiger charge is 2.92. The van der Waals surface area contributed by atoms with E-state index in [-0.39, 0.29) is 28.9 Å². The van der Waals surface area contributed by atoms with Crippen LogP contribution in [-0.2, 0) is 24.1 Å². The molecular formula is C31H46N2O4SSi. The summed E-state index contributed by atoms with van der Waals surface area (Å²) in [5, 5.41) is 0. The molecule has 2 bridgehead atoms. The highest BCUT2D eigenvalue weighted by atomic mass is 32.1. The number of likely N-dealkylation sites (N-methyl/N-ethyl adjacent to an activating group) is 1. The smallest absolute Gasteiger partial charge is 0.340 e. The number of hydrogen-bond acceptors (Lipinski definition) is 6. The molecule has 8 heteroatoms. The van der Waals surface area contributed by atoms with Crippen molar-refractivity contribution in [3.8, 4) is 0 Å². The Balaban J connectivity index is 1.55. The summed E-state index contributed by atoms with van der Waals surface area (Å²) in [6.45, 7) is 17.1. The van der Waals surface area contributed by atoms with Gasteiger partial charge in [-0.25, -0.2) is 4.79 Å². The van der Waals surface area contributed by atoms with Gasteiger partial charge in [-0.15, -0.1) is 0 Å². The first-order valence-electron chi connectivity index (χ1n) is 15.0. The van der Waals surface area contributed by atoms with Crippen LogP contribution in [0.5, 0.6) is 0 Å². The number of benzene rings is 1. The molecule has 39 heavy (non-hydrogen) atoms. The Morgan fingerprint density at radius 1 is 1.15 bits per heavy atom. The summed E-state index contributed by atoms with van der Waals surface area (Å²) in [5.41, 5.74) is 1.50. The van der Waals surface area contributed by atoms with E-state index in [2.05, 4.69) is 89.6 Å². The lowest BCUT2D eigenvalue weighted by Crippen LogP contribution is -2.74. The van der Waals surface area contributed by atoms with Gasteiger partial charge in [0, 0.05) is 24.7 Å². The molecule has 1 aromatic carbocycles. The van der Waals surface area contributed by atoms with Gasteiger partial charge in [0.15, 0.2) is 11.3 Å². The van der Waals surface area contributed by atoms with E-state index in [9.17, 15) is 4.79 Å². The highest BCUT2D eigenvalue weighted by molar-refractivity contribution is 7.80. The van der Waals surface area contributed by atoms with Gasteiger partial charge in [0.2, 0.25) is 8.32 Å². The zero-order valence-corrected chi connectivity index (χ0v) is 27.0. The number of anilines is 1. The lowest BCUT2D eigenvalue weighted by atomic mass is 9.49. The predicted octanol–water partition coefficient (Wildman–Crippen LogP) is 6.18. The fourth-order valence-corrected chi connectivity index (χ4v) is 16.8. The minimum atomic E-state index is -2.20. The summed E-state index contributed by atoms with van der Waals surface area (Å²) < 4.78 is 20.4. The minimum absolute atomic E-state index is 0.129. The van der Waals surface area contributed by atoms with E-state index < -0.39 is 19.6 Å². The monoisotopic (exact) mass is 570 g/mol.